The standard InChI is InChI=1S/C11H19ClO2/c1-3-6-13-11(8-12)14-10-5-4-9(2)7-10/h7,10-11H,3-6,8H2,1-2H3. The number of hydrogen-bond donors (Lipinski definition) is 0. The van der Waals surface area contributed by atoms with Gasteiger partial charge in [-0.25, -0.2) is 0 Å². The largest absolute Gasteiger partial charge is 0.351 e. The fraction of sp³-hybridized carbons (Fsp3) is 0.818. The molecule has 3 heteroatoms. The second-order valence-electron chi connectivity index (χ2n) is 3.68. The zero-order valence-electron chi connectivity index (χ0n) is 8.96. The quantitative estimate of drug-likeness (QED) is 0.388. The second kappa shape index (κ2) is 6.44. The summed E-state index contributed by atoms with van der Waals surface area (Å²) < 4.78 is 11.2. The molecular formula is C11H19ClO2. The van der Waals surface area contributed by atoms with Gasteiger partial charge >= 0.3 is 0 Å². The van der Waals surface area contributed by atoms with Gasteiger partial charge in [0.1, 0.15) is 0 Å². The van der Waals surface area contributed by atoms with E-state index in [-0.39, 0.29) is 12.4 Å². The fourth-order valence-electron chi connectivity index (χ4n) is 1.53. The van der Waals surface area contributed by atoms with Crippen LogP contribution in [-0.4, -0.2) is 24.9 Å². The predicted octanol–water partition coefficient (Wildman–Crippen LogP) is 3.10. The normalized spacial score (nSPS) is 23.6. The van der Waals surface area contributed by atoms with E-state index in [2.05, 4.69) is 19.9 Å². The van der Waals surface area contributed by atoms with Crippen molar-refractivity contribution in [3.05, 3.63) is 11.6 Å². The molecule has 1 aliphatic rings. The number of rotatable bonds is 6. The van der Waals surface area contributed by atoms with Crippen LogP contribution in [0.15, 0.2) is 11.6 Å². The van der Waals surface area contributed by atoms with Crippen LogP contribution in [0.3, 0.4) is 0 Å². The SMILES string of the molecule is CCCOC(CCl)OC1C=C(C)CC1. The van der Waals surface area contributed by atoms with E-state index in [0.29, 0.717) is 12.5 Å². The number of hydrogen-bond acceptors (Lipinski definition) is 2. The third-order valence-corrected chi connectivity index (χ3v) is 2.51. The number of ether oxygens (including phenoxy) is 2. The van der Waals surface area contributed by atoms with Crippen LogP contribution in [0.2, 0.25) is 0 Å². The first kappa shape index (κ1) is 12.0. The Morgan fingerprint density at radius 2 is 2.43 bits per heavy atom. The van der Waals surface area contributed by atoms with Crippen molar-refractivity contribution in [1.82, 2.24) is 0 Å². The van der Waals surface area contributed by atoms with E-state index in [4.69, 9.17) is 21.1 Å². The van der Waals surface area contributed by atoms with E-state index >= 15 is 0 Å². The summed E-state index contributed by atoms with van der Waals surface area (Å²) in [4.78, 5) is 0. The summed E-state index contributed by atoms with van der Waals surface area (Å²) >= 11 is 5.75. The Kier molecular flexibility index (Phi) is 5.53. The number of halogens is 1. The molecule has 0 radical (unpaired) electrons. The lowest BCUT2D eigenvalue weighted by Gasteiger charge is -2.19. The van der Waals surface area contributed by atoms with Gasteiger partial charge in [-0.05, 0) is 26.2 Å². The van der Waals surface area contributed by atoms with Crippen molar-refractivity contribution in [1.29, 1.82) is 0 Å². The van der Waals surface area contributed by atoms with Crippen molar-refractivity contribution < 1.29 is 9.47 Å². The van der Waals surface area contributed by atoms with Gasteiger partial charge in [0.05, 0.1) is 12.0 Å². The first-order valence-electron chi connectivity index (χ1n) is 5.26. The molecule has 1 aliphatic carbocycles. The molecule has 0 aromatic carbocycles. The highest BCUT2D eigenvalue weighted by molar-refractivity contribution is 6.18. The maximum Gasteiger partial charge on any atom is 0.171 e. The smallest absolute Gasteiger partial charge is 0.171 e. The van der Waals surface area contributed by atoms with E-state index in [9.17, 15) is 0 Å². The van der Waals surface area contributed by atoms with Crippen molar-refractivity contribution in [3.8, 4) is 0 Å². The maximum atomic E-state index is 5.75. The van der Waals surface area contributed by atoms with Gasteiger partial charge in [-0.3, -0.25) is 0 Å². The molecule has 2 nitrogen and oxygen atoms in total. The van der Waals surface area contributed by atoms with Crippen molar-refractivity contribution in [3.63, 3.8) is 0 Å². The van der Waals surface area contributed by atoms with Crippen LogP contribution in [0.1, 0.15) is 33.1 Å². The van der Waals surface area contributed by atoms with Crippen LogP contribution in [0, 0.1) is 0 Å². The van der Waals surface area contributed by atoms with E-state index in [1.54, 1.807) is 0 Å². The average Bonchev–Trinajstić information content (AvgIpc) is 2.58. The van der Waals surface area contributed by atoms with Crippen LogP contribution in [0.5, 0.6) is 0 Å². The highest BCUT2D eigenvalue weighted by atomic mass is 35.5. The highest BCUT2D eigenvalue weighted by Crippen LogP contribution is 2.21. The number of allylic oxidation sites excluding steroid dienone is 1. The maximum absolute atomic E-state index is 5.75. The molecule has 0 saturated carbocycles. The summed E-state index contributed by atoms with van der Waals surface area (Å²) in [6, 6.07) is 0. The van der Waals surface area contributed by atoms with Gasteiger partial charge in [0.25, 0.3) is 0 Å². The molecule has 2 atom stereocenters. The molecule has 0 aromatic heterocycles. The highest BCUT2D eigenvalue weighted by Gasteiger charge is 2.18. The van der Waals surface area contributed by atoms with Crippen molar-refractivity contribution in [2.24, 2.45) is 0 Å². The molecule has 0 saturated heterocycles. The predicted molar refractivity (Wildman–Crippen MR) is 58.6 cm³/mol. The molecule has 0 N–H and O–H groups in total. The Morgan fingerprint density at radius 1 is 1.64 bits per heavy atom. The van der Waals surface area contributed by atoms with E-state index in [1.165, 1.54) is 5.57 Å². The zero-order chi connectivity index (χ0) is 10.4. The molecule has 0 bridgehead atoms. The molecule has 82 valence electrons. The lowest BCUT2D eigenvalue weighted by molar-refractivity contribution is -0.145. The van der Waals surface area contributed by atoms with Crippen LogP contribution in [-0.2, 0) is 9.47 Å². The Morgan fingerprint density at radius 3 is 2.93 bits per heavy atom. The molecule has 0 heterocycles. The molecule has 0 aliphatic heterocycles. The van der Waals surface area contributed by atoms with E-state index < -0.39 is 0 Å². The van der Waals surface area contributed by atoms with E-state index in [0.717, 1.165) is 19.3 Å². The van der Waals surface area contributed by atoms with Gasteiger partial charge in [0, 0.05) is 6.61 Å². The molecular weight excluding hydrogens is 200 g/mol. The van der Waals surface area contributed by atoms with Gasteiger partial charge in [0.15, 0.2) is 6.29 Å². The minimum atomic E-state index is -0.247. The lowest BCUT2D eigenvalue weighted by Crippen LogP contribution is -2.24. The molecule has 0 amide bonds. The van der Waals surface area contributed by atoms with Gasteiger partial charge in [0.2, 0.25) is 0 Å². The molecule has 0 spiro atoms. The lowest BCUT2D eigenvalue weighted by atomic mass is 10.3. The monoisotopic (exact) mass is 218 g/mol. The van der Waals surface area contributed by atoms with Crippen LogP contribution < -0.4 is 0 Å². The first-order valence-corrected chi connectivity index (χ1v) is 5.80. The van der Waals surface area contributed by atoms with Gasteiger partial charge in [-0.1, -0.05) is 18.6 Å². The third-order valence-electron chi connectivity index (χ3n) is 2.25. The zero-order valence-corrected chi connectivity index (χ0v) is 9.72. The average molecular weight is 219 g/mol. The van der Waals surface area contributed by atoms with Crippen LogP contribution in [0.4, 0.5) is 0 Å². The molecule has 1 rings (SSSR count). The summed E-state index contributed by atoms with van der Waals surface area (Å²) in [7, 11) is 0. The molecule has 14 heavy (non-hydrogen) atoms. The molecule has 0 fully saturated rings. The van der Waals surface area contributed by atoms with Crippen molar-refractivity contribution in [2.75, 3.05) is 12.5 Å². The summed E-state index contributed by atoms with van der Waals surface area (Å²) in [5, 5.41) is 0. The van der Waals surface area contributed by atoms with Gasteiger partial charge in [-0.15, -0.1) is 11.6 Å². The van der Waals surface area contributed by atoms with Gasteiger partial charge in [-0.2, -0.15) is 0 Å². The minimum absolute atomic E-state index is 0.204. The summed E-state index contributed by atoms with van der Waals surface area (Å²) in [5.41, 5.74) is 1.40. The summed E-state index contributed by atoms with van der Waals surface area (Å²) in [6.45, 7) is 4.92. The Labute approximate surface area is 91.2 Å². The minimum Gasteiger partial charge on any atom is -0.351 e. The second-order valence-corrected chi connectivity index (χ2v) is 3.99. The van der Waals surface area contributed by atoms with E-state index in [1.807, 2.05) is 0 Å². The van der Waals surface area contributed by atoms with Crippen molar-refractivity contribution in [2.45, 2.75) is 45.5 Å². The third kappa shape index (κ3) is 3.99. The Bertz CT molecular complexity index is 192. The van der Waals surface area contributed by atoms with Crippen molar-refractivity contribution >= 4 is 11.6 Å². The Hall–Kier alpha value is -0.0500. The Balaban J connectivity index is 2.26. The first-order chi connectivity index (χ1) is 6.76. The van der Waals surface area contributed by atoms with Gasteiger partial charge < -0.3 is 9.47 Å². The topological polar surface area (TPSA) is 18.5 Å². The molecule has 0 aromatic rings. The summed E-state index contributed by atoms with van der Waals surface area (Å²) in [6.07, 6.45) is 5.31. The fourth-order valence-corrected chi connectivity index (χ4v) is 1.69. The van der Waals surface area contributed by atoms with Crippen LogP contribution >= 0.6 is 11.6 Å². The number of alkyl halides is 1. The summed E-state index contributed by atoms with van der Waals surface area (Å²) in [5.74, 6) is 0.406. The van der Waals surface area contributed by atoms with Crippen LogP contribution in [0.25, 0.3) is 0 Å². The molecule has 2 unspecified atom stereocenters.